The van der Waals surface area contributed by atoms with Crippen LogP contribution in [0.15, 0.2) is 45.9 Å². The highest BCUT2D eigenvalue weighted by molar-refractivity contribution is 9.10. The predicted octanol–water partition coefficient (Wildman–Crippen LogP) is 4.05. The van der Waals surface area contributed by atoms with E-state index in [0.717, 1.165) is 43.2 Å². The van der Waals surface area contributed by atoms with Crippen molar-refractivity contribution in [1.82, 2.24) is 0 Å². The Morgan fingerprint density at radius 1 is 1.22 bits per heavy atom. The van der Waals surface area contributed by atoms with E-state index in [4.69, 9.17) is 4.74 Å². The highest BCUT2D eigenvalue weighted by Gasteiger charge is 2.14. The fraction of sp³-hybridized carbons (Fsp3) is 0.278. The number of halogens is 1. The highest BCUT2D eigenvalue weighted by atomic mass is 79.9. The van der Waals surface area contributed by atoms with E-state index in [-0.39, 0.29) is 5.75 Å². The number of morpholine rings is 1. The highest BCUT2D eigenvalue weighted by Crippen LogP contribution is 2.31. The lowest BCUT2D eigenvalue weighted by atomic mass is 10.1. The number of ether oxygens (including phenoxy) is 1. The lowest BCUT2D eigenvalue weighted by Gasteiger charge is -2.29. The standard InChI is InChI=1S/C18H19BrN2O2/c1-13-10-14(18(22)15(19)11-13)12-20-16-4-2-3-5-17(16)21-6-8-23-9-7-21/h2-5,10-12,22H,6-9H2,1H3. The minimum Gasteiger partial charge on any atom is -0.506 e. The largest absolute Gasteiger partial charge is 0.506 e. The Bertz CT molecular complexity index is 725. The van der Waals surface area contributed by atoms with Crippen molar-refractivity contribution >= 4 is 33.5 Å². The van der Waals surface area contributed by atoms with Crippen LogP contribution in [0.25, 0.3) is 0 Å². The molecule has 0 unspecified atom stereocenters. The summed E-state index contributed by atoms with van der Waals surface area (Å²) in [6.07, 6.45) is 1.71. The Morgan fingerprint density at radius 2 is 1.96 bits per heavy atom. The lowest BCUT2D eigenvalue weighted by molar-refractivity contribution is 0.123. The van der Waals surface area contributed by atoms with Gasteiger partial charge in [-0.1, -0.05) is 12.1 Å². The molecule has 23 heavy (non-hydrogen) atoms. The molecular weight excluding hydrogens is 356 g/mol. The molecule has 0 radical (unpaired) electrons. The molecule has 0 aliphatic carbocycles. The number of phenolic OH excluding ortho intramolecular Hbond substituents is 1. The van der Waals surface area contributed by atoms with Gasteiger partial charge < -0.3 is 14.7 Å². The van der Waals surface area contributed by atoms with Crippen LogP contribution in [0.5, 0.6) is 5.75 Å². The number of para-hydroxylation sites is 2. The molecular formula is C18H19BrN2O2. The summed E-state index contributed by atoms with van der Waals surface area (Å²) >= 11 is 3.37. The Kier molecular flexibility index (Phi) is 4.98. The van der Waals surface area contributed by atoms with Crippen LogP contribution in [0.1, 0.15) is 11.1 Å². The van der Waals surface area contributed by atoms with Gasteiger partial charge in [0.2, 0.25) is 0 Å². The van der Waals surface area contributed by atoms with Crippen molar-refractivity contribution in [3.8, 4) is 5.75 Å². The zero-order chi connectivity index (χ0) is 16.2. The van der Waals surface area contributed by atoms with Gasteiger partial charge in [-0.2, -0.15) is 0 Å². The van der Waals surface area contributed by atoms with Gasteiger partial charge in [0.1, 0.15) is 5.75 Å². The SMILES string of the molecule is Cc1cc(Br)c(O)c(C=Nc2ccccc2N2CCOCC2)c1. The number of hydrogen-bond acceptors (Lipinski definition) is 4. The van der Waals surface area contributed by atoms with E-state index in [1.807, 2.05) is 37.3 Å². The first-order chi connectivity index (χ1) is 11.1. The minimum absolute atomic E-state index is 0.211. The van der Waals surface area contributed by atoms with Crippen molar-refractivity contribution in [2.24, 2.45) is 4.99 Å². The zero-order valence-corrected chi connectivity index (χ0v) is 14.6. The molecule has 1 fully saturated rings. The van der Waals surface area contributed by atoms with Gasteiger partial charge in [0, 0.05) is 24.9 Å². The average Bonchev–Trinajstić information content (AvgIpc) is 2.58. The number of aryl methyl sites for hydroxylation is 1. The van der Waals surface area contributed by atoms with Crippen molar-refractivity contribution in [3.05, 3.63) is 52.0 Å². The van der Waals surface area contributed by atoms with Gasteiger partial charge in [0.15, 0.2) is 0 Å². The second-order valence-corrected chi connectivity index (χ2v) is 6.39. The summed E-state index contributed by atoms with van der Waals surface area (Å²) in [4.78, 5) is 6.89. The maximum atomic E-state index is 10.2. The molecule has 1 saturated heterocycles. The van der Waals surface area contributed by atoms with E-state index in [1.165, 1.54) is 0 Å². The monoisotopic (exact) mass is 374 g/mol. The normalized spacial score (nSPS) is 15.3. The molecule has 1 heterocycles. The van der Waals surface area contributed by atoms with Gasteiger partial charge in [0.25, 0.3) is 0 Å². The first kappa shape index (κ1) is 16.0. The summed E-state index contributed by atoms with van der Waals surface area (Å²) in [6.45, 7) is 5.21. The molecule has 2 aromatic carbocycles. The zero-order valence-electron chi connectivity index (χ0n) is 13.0. The number of rotatable bonds is 3. The van der Waals surface area contributed by atoms with E-state index < -0.39 is 0 Å². The van der Waals surface area contributed by atoms with Crippen LogP contribution in [0.4, 0.5) is 11.4 Å². The van der Waals surface area contributed by atoms with E-state index in [2.05, 4.69) is 31.9 Å². The summed E-state index contributed by atoms with van der Waals surface area (Å²) in [5.41, 5.74) is 3.76. The Balaban J connectivity index is 1.91. The average molecular weight is 375 g/mol. The van der Waals surface area contributed by atoms with Gasteiger partial charge in [-0.3, -0.25) is 4.99 Å². The van der Waals surface area contributed by atoms with E-state index >= 15 is 0 Å². The van der Waals surface area contributed by atoms with Crippen LogP contribution in [0.2, 0.25) is 0 Å². The van der Waals surface area contributed by atoms with Crippen LogP contribution in [-0.2, 0) is 4.74 Å². The predicted molar refractivity (Wildman–Crippen MR) is 97.3 cm³/mol. The van der Waals surface area contributed by atoms with E-state index in [9.17, 15) is 5.11 Å². The molecule has 3 rings (SSSR count). The molecule has 1 aliphatic rings. The summed E-state index contributed by atoms with van der Waals surface area (Å²) in [5.74, 6) is 0.211. The molecule has 5 heteroatoms. The smallest absolute Gasteiger partial charge is 0.138 e. The molecule has 0 amide bonds. The molecule has 2 aromatic rings. The fourth-order valence-electron chi connectivity index (χ4n) is 2.64. The van der Waals surface area contributed by atoms with Crippen molar-refractivity contribution in [3.63, 3.8) is 0 Å². The third-order valence-corrected chi connectivity index (χ3v) is 4.42. The van der Waals surface area contributed by atoms with Crippen LogP contribution in [0, 0.1) is 6.92 Å². The maximum Gasteiger partial charge on any atom is 0.138 e. The van der Waals surface area contributed by atoms with Crippen molar-refractivity contribution in [2.75, 3.05) is 31.2 Å². The number of hydrogen-bond donors (Lipinski definition) is 1. The Hall–Kier alpha value is -1.85. The lowest BCUT2D eigenvalue weighted by Crippen LogP contribution is -2.36. The summed E-state index contributed by atoms with van der Waals surface area (Å²) < 4.78 is 6.10. The van der Waals surface area contributed by atoms with Gasteiger partial charge in [-0.05, 0) is 52.7 Å². The van der Waals surface area contributed by atoms with Crippen molar-refractivity contribution in [2.45, 2.75) is 6.92 Å². The van der Waals surface area contributed by atoms with Gasteiger partial charge in [-0.25, -0.2) is 0 Å². The molecule has 0 aromatic heterocycles. The van der Waals surface area contributed by atoms with Gasteiger partial charge in [-0.15, -0.1) is 0 Å². The molecule has 0 spiro atoms. The van der Waals surface area contributed by atoms with Gasteiger partial charge >= 0.3 is 0 Å². The second kappa shape index (κ2) is 7.15. The summed E-state index contributed by atoms with van der Waals surface area (Å²) in [7, 11) is 0. The van der Waals surface area contributed by atoms with Crippen LogP contribution < -0.4 is 4.90 Å². The first-order valence-corrected chi connectivity index (χ1v) is 8.39. The summed E-state index contributed by atoms with van der Waals surface area (Å²) in [5, 5.41) is 10.2. The topological polar surface area (TPSA) is 45.1 Å². The van der Waals surface area contributed by atoms with Crippen LogP contribution in [0.3, 0.4) is 0 Å². The third-order valence-electron chi connectivity index (χ3n) is 3.81. The summed E-state index contributed by atoms with van der Waals surface area (Å²) in [6, 6.07) is 11.9. The first-order valence-electron chi connectivity index (χ1n) is 7.60. The number of nitrogens with zero attached hydrogens (tertiary/aromatic N) is 2. The van der Waals surface area contributed by atoms with Crippen LogP contribution >= 0.6 is 15.9 Å². The molecule has 0 bridgehead atoms. The number of benzene rings is 2. The number of aliphatic imine (C=N–C) groups is 1. The number of anilines is 1. The molecule has 4 nitrogen and oxygen atoms in total. The van der Waals surface area contributed by atoms with E-state index in [0.29, 0.717) is 10.0 Å². The molecule has 0 atom stereocenters. The van der Waals surface area contributed by atoms with Crippen LogP contribution in [-0.4, -0.2) is 37.6 Å². The number of phenols is 1. The third kappa shape index (κ3) is 3.74. The van der Waals surface area contributed by atoms with Gasteiger partial charge in [0.05, 0.1) is 29.1 Å². The Morgan fingerprint density at radius 3 is 2.74 bits per heavy atom. The molecule has 1 N–H and O–H groups in total. The maximum absolute atomic E-state index is 10.2. The quantitative estimate of drug-likeness (QED) is 0.824. The van der Waals surface area contributed by atoms with Crippen molar-refractivity contribution < 1.29 is 9.84 Å². The minimum atomic E-state index is 0.211. The fourth-order valence-corrected chi connectivity index (χ4v) is 3.23. The molecule has 120 valence electrons. The molecule has 0 saturated carbocycles. The number of aromatic hydroxyl groups is 1. The van der Waals surface area contributed by atoms with E-state index in [1.54, 1.807) is 6.21 Å². The van der Waals surface area contributed by atoms with Crippen molar-refractivity contribution in [1.29, 1.82) is 0 Å². The second-order valence-electron chi connectivity index (χ2n) is 5.53. The Labute approximate surface area is 144 Å². The molecule has 1 aliphatic heterocycles.